The summed E-state index contributed by atoms with van der Waals surface area (Å²) < 4.78 is 0. The van der Waals surface area contributed by atoms with Gasteiger partial charge < -0.3 is 10.4 Å². The minimum absolute atomic E-state index is 0.0256. The van der Waals surface area contributed by atoms with E-state index in [-0.39, 0.29) is 17.7 Å². The Hall–Kier alpha value is -1.55. The summed E-state index contributed by atoms with van der Waals surface area (Å²) in [7, 11) is 1.67. The van der Waals surface area contributed by atoms with E-state index in [1.54, 1.807) is 19.2 Å². The van der Waals surface area contributed by atoms with Gasteiger partial charge in [-0.15, -0.1) is 0 Å². The molecule has 2 rings (SSSR count). The molecule has 0 radical (unpaired) electrons. The Morgan fingerprint density at radius 3 is 3.12 bits per heavy atom. The van der Waals surface area contributed by atoms with Crippen LogP contribution in [-0.4, -0.2) is 35.5 Å². The number of likely N-dealkylation sites (N-methyl/N-ethyl adjacent to an activating group) is 1. The van der Waals surface area contributed by atoms with Gasteiger partial charge in [-0.05, 0) is 37.1 Å². The standard InChI is InChI=1S/C13H18N2O2/c1-14-13(17)12-6-3-7-15(12)9-10-4-2-5-11(16)8-10/h2,4-5,8,12,16H,3,6-7,9H2,1H3,(H,14,17). The zero-order valence-corrected chi connectivity index (χ0v) is 10.0. The van der Waals surface area contributed by atoms with Crippen LogP contribution in [0.1, 0.15) is 18.4 Å². The van der Waals surface area contributed by atoms with E-state index in [4.69, 9.17) is 0 Å². The highest BCUT2D eigenvalue weighted by molar-refractivity contribution is 5.81. The second-order valence-corrected chi connectivity index (χ2v) is 4.41. The largest absolute Gasteiger partial charge is 0.508 e. The van der Waals surface area contributed by atoms with E-state index in [0.717, 1.165) is 24.9 Å². The second-order valence-electron chi connectivity index (χ2n) is 4.41. The highest BCUT2D eigenvalue weighted by Gasteiger charge is 2.29. The van der Waals surface area contributed by atoms with Gasteiger partial charge in [-0.2, -0.15) is 0 Å². The lowest BCUT2D eigenvalue weighted by Gasteiger charge is -2.23. The van der Waals surface area contributed by atoms with E-state index in [2.05, 4.69) is 10.2 Å². The van der Waals surface area contributed by atoms with E-state index in [9.17, 15) is 9.90 Å². The first-order valence-electron chi connectivity index (χ1n) is 5.94. The van der Waals surface area contributed by atoms with Crippen molar-refractivity contribution in [2.24, 2.45) is 0 Å². The molecule has 0 aromatic heterocycles. The smallest absolute Gasteiger partial charge is 0.237 e. The first-order valence-corrected chi connectivity index (χ1v) is 5.94. The Bertz CT molecular complexity index is 406. The summed E-state index contributed by atoms with van der Waals surface area (Å²) >= 11 is 0. The average Bonchev–Trinajstić information content (AvgIpc) is 2.76. The number of carbonyl (C=O) groups excluding carboxylic acids is 1. The molecular formula is C13H18N2O2. The molecule has 0 aliphatic carbocycles. The number of hydrogen-bond acceptors (Lipinski definition) is 3. The third-order valence-corrected chi connectivity index (χ3v) is 3.21. The minimum atomic E-state index is -0.0256. The SMILES string of the molecule is CNC(=O)C1CCCN1Cc1cccc(O)c1. The number of phenols is 1. The molecule has 1 saturated heterocycles. The number of nitrogens with zero attached hydrogens (tertiary/aromatic N) is 1. The van der Waals surface area contributed by atoms with Gasteiger partial charge in [-0.3, -0.25) is 9.69 Å². The Kier molecular flexibility index (Phi) is 3.64. The van der Waals surface area contributed by atoms with Crippen LogP contribution in [0.25, 0.3) is 0 Å². The van der Waals surface area contributed by atoms with Crippen LogP contribution in [-0.2, 0) is 11.3 Å². The summed E-state index contributed by atoms with van der Waals surface area (Å²) in [5.41, 5.74) is 1.04. The summed E-state index contributed by atoms with van der Waals surface area (Å²) in [4.78, 5) is 13.8. The maximum atomic E-state index is 11.7. The van der Waals surface area contributed by atoms with Crippen LogP contribution in [0.3, 0.4) is 0 Å². The van der Waals surface area contributed by atoms with Crippen LogP contribution >= 0.6 is 0 Å². The molecule has 2 N–H and O–H groups in total. The van der Waals surface area contributed by atoms with Crippen LogP contribution in [0.4, 0.5) is 0 Å². The van der Waals surface area contributed by atoms with Gasteiger partial charge in [0, 0.05) is 13.6 Å². The predicted molar refractivity (Wildman–Crippen MR) is 65.6 cm³/mol. The predicted octanol–water partition coefficient (Wildman–Crippen LogP) is 1.10. The van der Waals surface area contributed by atoms with Gasteiger partial charge in [0.25, 0.3) is 0 Å². The molecule has 1 fully saturated rings. The summed E-state index contributed by atoms with van der Waals surface area (Å²) in [6.45, 7) is 1.65. The van der Waals surface area contributed by atoms with Gasteiger partial charge in [0.2, 0.25) is 5.91 Å². The molecule has 1 amide bonds. The maximum Gasteiger partial charge on any atom is 0.237 e. The maximum absolute atomic E-state index is 11.7. The van der Waals surface area contributed by atoms with Crippen LogP contribution in [0.2, 0.25) is 0 Å². The van der Waals surface area contributed by atoms with E-state index in [1.165, 1.54) is 0 Å². The van der Waals surface area contributed by atoms with E-state index < -0.39 is 0 Å². The summed E-state index contributed by atoms with van der Waals surface area (Å²) in [5, 5.41) is 12.1. The molecular weight excluding hydrogens is 216 g/mol. The van der Waals surface area contributed by atoms with Crippen LogP contribution < -0.4 is 5.32 Å². The van der Waals surface area contributed by atoms with Crippen molar-refractivity contribution in [3.8, 4) is 5.75 Å². The molecule has 1 aromatic carbocycles. The number of hydrogen-bond donors (Lipinski definition) is 2. The van der Waals surface area contributed by atoms with Crippen LogP contribution in [0.5, 0.6) is 5.75 Å². The lowest BCUT2D eigenvalue weighted by Crippen LogP contribution is -2.41. The van der Waals surface area contributed by atoms with Crippen molar-refractivity contribution >= 4 is 5.91 Å². The fourth-order valence-electron chi connectivity index (χ4n) is 2.37. The highest BCUT2D eigenvalue weighted by Crippen LogP contribution is 2.21. The lowest BCUT2D eigenvalue weighted by atomic mass is 10.1. The quantitative estimate of drug-likeness (QED) is 0.823. The molecule has 4 heteroatoms. The van der Waals surface area contributed by atoms with Gasteiger partial charge in [-0.25, -0.2) is 0 Å². The van der Waals surface area contributed by atoms with Gasteiger partial charge in [-0.1, -0.05) is 12.1 Å². The van der Waals surface area contributed by atoms with Crippen molar-refractivity contribution in [1.29, 1.82) is 0 Å². The molecule has 1 unspecified atom stereocenters. The third-order valence-electron chi connectivity index (χ3n) is 3.21. The molecule has 1 aliphatic heterocycles. The number of nitrogens with one attached hydrogen (secondary N) is 1. The minimum Gasteiger partial charge on any atom is -0.508 e. The first kappa shape index (κ1) is 11.9. The molecule has 4 nitrogen and oxygen atoms in total. The molecule has 1 aromatic rings. The molecule has 1 atom stereocenters. The van der Waals surface area contributed by atoms with Gasteiger partial charge in [0.05, 0.1) is 6.04 Å². The second kappa shape index (κ2) is 5.19. The fourth-order valence-corrected chi connectivity index (χ4v) is 2.37. The molecule has 0 bridgehead atoms. The monoisotopic (exact) mass is 234 g/mol. The fraction of sp³-hybridized carbons (Fsp3) is 0.462. The number of benzene rings is 1. The van der Waals surface area contributed by atoms with Crippen LogP contribution in [0.15, 0.2) is 24.3 Å². The topological polar surface area (TPSA) is 52.6 Å². The Morgan fingerprint density at radius 1 is 1.59 bits per heavy atom. The zero-order chi connectivity index (χ0) is 12.3. The molecule has 1 heterocycles. The van der Waals surface area contributed by atoms with Gasteiger partial charge >= 0.3 is 0 Å². The van der Waals surface area contributed by atoms with E-state index >= 15 is 0 Å². The third kappa shape index (κ3) is 2.77. The number of rotatable bonds is 3. The molecule has 0 saturated carbocycles. The van der Waals surface area contributed by atoms with E-state index in [1.807, 2.05) is 12.1 Å². The average molecular weight is 234 g/mol. The summed E-state index contributed by atoms with van der Waals surface area (Å²) in [6.07, 6.45) is 1.97. The lowest BCUT2D eigenvalue weighted by molar-refractivity contribution is -0.125. The van der Waals surface area contributed by atoms with Crippen molar-refractivity contribution in [3.05, 3.63) is 29.8 Å². The first-order chi connectivity index (χ1) is 8.20. The van der Waals surface area contributed by atoms with Gasteiger partial charge in [0.1, 0.15) is 5.75 Å². The normalized spacial score (nSPS) is 20.4. The number of amides is 1. The van der Waals surface area contributed by atoms with Crippen molar-refractivity contribution < 1.29 is 9.90 Å². The molecule has 17 heavy (non-hydrogen) atoms. The number of aromatic hydroxyl groups is 1. The van der Waals surface area contributed by atoms with Crippen molar-refractivity contribution in [2.75, 3.05) is 13.6 Å². The Morgan fingerprint density at radius 2 is 2.41 bits per heavy atom. The summed E-state index contributed by atoms with van der Waals surface area (Å²) in [5.74, 6) is 0.362. The molecule has 92 valence electrons. The molecule has 1 aliphatic rings. The number of carbonyl (C=O) groups is 1. The highest BCUT2D eigenvalue weighted by atomic mass is 16.3. The Balaban J connectivity index is 2.05. The number of phenolic OH excluding ortho intramolecular Hbond substituents is 1. The zero-order valence-electron chi connectivity index (χ0n) is 10.0. The number of likely N-dealkylation sites (tertiary alicyclic amines) is 1. The van der Waals surface area contributed by atoms with Crippen molar-refractivity contribution in [2.45, 2.75) is 25.4 Å². The van der Waals surface area contributed by atoms with Crippen molar-refractivity contribution in [3.63, 3.8) is 0 Å². The van der Waals surface area contributed by atoms with Crippen molar-refractivity contribution in [1.82, 2.24) is 10.2 Å². The molecule has 0 spiro atoms. The van der Waals surface area contributed by atoms with E-state index in [0.29, 0.717) is 6.54 Å². The summed E-state index contributed by atoms with van der Waals surface area (Å²) in [6, 6.07) is 7.18. The van der Waals surface area contributed by atoms with Crippen LogP contribution in [0, 0.1) is 0 Å². The Labute approximate surface area is 101 Å². The van der Waals surface area contributed by atoms with Gasteiger partial charge in [0.15, 0.2) is 0 Å².